The molecule has 0 bridgehead atoms. The third-order valence-corrected chi connectivity index (χ3v) is 7.79. The average Bonchev–Trinajstić information content (AvgIpc) is 2.89. The summed E-state index contributed by atoms with van der Waals surface area (Å²) in [6, 6.07) is 8.18. The second-order valence-electron chi connectivity index (χ2n) is 8.62. The van der Waals surface area contributed by atoms with Crippen LogP contribution in [0.5, 0.6) is 0 Å². The number of rotatable bonds is 2. The number of carbonyl (C=O) groups excluding carboxylic acids is 1. The number of amides is 1. The number of aromatic nitrogens is 2. The molecule has 0 radical (unpaired) electrons. The predicted molar refractivity (Wildman–Crippen MR) is 100 cm³/mol. The van der Waals surface area contributed by atoms with Crippen LogP contribution < -0.4 is 10.2 Å². The Bertz CT molecular complexity index is 934. The molecule has 5 atom stereocenters. The Morgan fingerprint density at radius 3 is 3.00 bits per heavy atom. The molecule has 0 saturated heterocycles. The summed E-state index contributed by atoms with van der Waals surface area (Å²) >= 11 is 0. The molecular weight excluding hydrogens is 324 g/mol. The number of nitrogens with one attached hydrogen (secondary N) is 1. The molecule has 5 heteroatoms. The smallest absolute Gasteiger partial charge is 0.234 e. The second-order valence-corrected chi connectivity index (χ2v) is 8.62. The quantitative estimate of drug-likeness (QED) is 0.900. The van der Waals surface area contributed by atoms with E-state index in [0.29, 0.717) is 24.3 Å². The number of nitrogens with zero attached hydrogens (tertiary/aromatic N) is 3. The van der Waals surface area contributed by atoms with Crippen LogP contribution in [0.15, 0.2) is 30.5 Å². The molecule has 3 fully saturated rings. The Kier molecular flexibility index (Phi) is 2.68. The van der Waals surface area contributed by atoms with Crippen molar-refractivity contribution in [2.45, 2.75) is 32.7 Å². The Morgan fingerprint density at radius 1 is 1.38 bits per heavy atom. The van der Waals surface area contributed by atoms with Crippen LogP contribution in [-0.4, -0.2) is 15.7 Å². The summed E-state index contributed by atoms with van der Waals surface area (Å²) in [5, 5.41) is 7.90. The number of hydrogen-bond acceptors (Lipinski definition) is 3. The fourth-order valence-electron chi connectivity index (χ4n) is 6.74. The first-order chi connectivity index (χ1) is 12.6. The van der Waals surface area contributed by atoms with Crippen molar-refractivity contribution in [2.75, 3.05) is 10.2 Å². The molecule has 3 aliphatic carbocycles. The minimum atomic E-state index is -0.0812. The minimum Gasteiger partial charge on any atom is -0.338 e. The van der Waals surface area contributed by atoms with Crippen LogP contribution in [0.4, 0.5) is 17.2 Å². The Hall–Kier alpha value is -2.30. The maximum absolute atomic E-state index is 13.9. The molecule has 1 N–H and O–H groups in total. The van der Waals surface area contributed by atoms with E-state index >= 15 is 0 Å². The normalized spacial score (nSPS) is 35.5. The molecular formula is C21H24N4O. The Labute approximate surface area is 153 Å². The number of anilines is 3. The van der Waals surface area contributed by atoms with E-state index in [9.17, 15) is 4.79 Å². The lowest BCUT2D eigenvalue weighted by Crippen LogP contribution is -2.79. The van der Waals surface area contributed by atoms with Crippen molar-refractivity contribution < 1.29 is 4.79 Å². The van der Waals surface area contributed by atoms with Crippen molar-refractivity contribution in [3.63, 3.8) is 0 Å². The fourth-order valence-corrected chi connectivity index (χ4v) is 6.74. The van der Waals surface area contributed by atoms with Gasteiger partial charge in [0.05, 0.1) is 29.5 Å². The van der Waals surface area contributed by atoms with Crippen molar-refractivity contribution >= 4 is 23.1 Å². The van der Waals surface area contributed by atoms with E-state index in [1.54, 1.807) is 0 Å². The standard InChI is InChI=1S/C21H24N4O/c1-3-15-14-8-12-9-21(15,18(12)14)20(26)25-11-13-10-22-24(2)19(13)23-16-6-4-5-7-17(16)25/h4-7,10,12,14-15,18,23H,3,8-9,11H2,1-2H3. The third kappa shape index (κ3) is 1.50. The van der Waals surface area contributed by atoms with Gasteiger partial charge in [0.2, 0.25) is 5.91 Å². The van der Waals surface area contributed by atoms with Crippen molar-refractivity contribution in [3.8, 4) is 0 Å². The van der Waals surface area contributed by atoms with Crippen molar-refractivity contribution in [1.82, 2.24) is 9.78 Å². The highest BCUT2D eigenvalue weighted by Gasteiger charge is 2.79. The minimum absolute atomic E-state index is 0.0812. The number of para-hydroxylation sites is 2. The molecule has 2 heterocycles. The van der Waals surface area contributed by atoms with Crippen LogP contribution in [0, 0.1) is 29.1 Å². The molecule has 0 spiro atoms. The van der Waals surface area contributed by atoms with Crippen LogP contribution in [0.3, 0.4) is 0 Å². The van der Waals surface area contributed by atoms with Crippen molar-refractivity contribution in [2.24, 2.45) is 36.1 Å². The lowest BCUT2D eigenvalue weighted by molar-refractivity contribution is -0.302. The van der Waals surface area contributed by atoms with Gasteiger partial charge >= 0.3 is 0 Å². The first kappa shape index (κ1) is 14.8. The Morgan fingerprint density at radius 2 is 2.23 bits per heavy atom. The lowest BCUT2D eigenvalue weighted by Gasteiger charge is -2.79. The van der Waals surface area contributed by atoms with Gasteiger partial charge in [-0.25, -0.2) is 0 Å². The van der Waals surface area contributed by atoms with E-state index in [1.165, 1.54) is 6.42 Å². The fraction of sp³-hybridized carbons (Fsp3) is 0.524. The molecule has 26 heavy (non-hydrogen) atoms. The number of fused-ring (bicyclic) bond motifs is 2. The van der Waals surface area contributed by atoms with E-state index in [2.05, 4.69) is 29.5 Å². The number of aryl methyl sites for hydroxylation is 1. The maximum atomic E-state index is 13.9. The first-order valence-electron chi connectivity index (χ1n) is 9.84. The summed E-state index contributed by atoms with van der Waals surface area (Å²) in [5.41, 5.74) is 3.00. The summed E-state index contributed by atoms with van der Waals surface area (Å²) < 4.78 is 1.86. The SMILES string of the molecule is CCC1C2CC3CC1(C(=O)N1Cc4cnn(C)c4Nc4ccccc41)C32. The van der Waals surface area contributed by atoms with Gasteiger partial charge in [0.25, 0.3) is 0 Å². The van der Waals surface area contributed by atoms with Gasteiger partial charge in [0.1, 0.15) is 5.82 Å². The highest BCUT2D eigenvalue weighted by atomic mass is 16.2. The average molecular weight is 348 g/mol. The van der Waals surface area contributed by atoms with E-state index in [1.807, 2.05) is 35.0 Å². The molecule has 3 saturated carbocycles. The van der Waals surface area contributed by atoms with Gasteiger partial charge in [-0.1, -0.05) is 25.5 Å². The summed E-state index contributed by atoms with van der Waals surface area (Å²) in [5.74, 6) is 4.22. The van der Waals surface area contributed by atoms with Gasteiger partial charge in [0.15, 0.2) is 0 Å². The lowest BCUT2D eigenvalue weighted by atomic mass is 9.24. The zero-order valence-corrected chi connectivity index (χ0v) is 15.3. The molecule has 2 aromatic rings. The van der Waals surface area contributed by atoms with Crippen molar-refractivity contribution in [3.05, 3.63) is 36.0 Å². The van der Waals surface area contributed by atoms with E-state index < -0.39 is 0 Å². The summed E-state index contributed by atoms with van der Waals surface area (Å²) in [6.07, 6.45) is 5.49. The van der Waals surface area contributed by atoms with Gasteiger partial charge < -0.3 is 10.2 Å². The monoisotopic (exact) mass is 348 g/mol. The predicted octanol–water partition coefficient (Wildman–Crippen LogP) is 3.69. The molecule has 5 nitrogen and oxygen atoms in total. The molecule has 1 aliphatic heterocycles. The van der Waals surface area contributed by atoms with E-state index in [-0.39, 0.29) is 5.41 Å². The highest BCUT2D eigenvalue weighted by Crippen LogP contribution is 2.81. The number of hydrogen-bond donors (Lipinski definition) is 1. The van der Waals surface area contributed by atoms with Crippen LogP contribution >= 0.6 is 0 Å². The summed E-state index contributed by atoms with van der Waals surface area (Å²) in [7, 11) is 1.94. The zero-order valence-electron chi connectivity index (χ0n) is 15.3. The van der Waals surface area contributed by atoms with Gasteiger partial charge in [-0.05, 0) is 48.6 Å². The topological polar surface area (TPSA) is 50.2 Å². The maximum Gasteiger partial charge on any atom is 0.234 e. The third-order valence-electron chi connectivity index (χ3n) is 7.79. The second kappa shape index (κ2) is 4.70. The molecule has 6 rings (SSSR count). The van der Waals surface area contributed by atoms with Crippen LogP contribution in [0.25, 0.3) is 0 Å². The first-order valence-corrected chi connectivity index (χ1v) is 9.84. The summed E-state index contributed by atoms with van der Waals surface area (Å²) in [4.78, 5) is 15.9. The summed E-state index contributed by atoms with van der Waals surface area (Å²) in [6.45, 7) is 2.87. The van der Waals surface area contributed by atoms with Crippen LogP contribution in [-0.2, 0) is 18.4 Å². The molecule has 1 amide bonds. The van der Waals surface area contributed by atoms with Crippen LogP contribution in [0.2, 0.25) is 0 Å². The Balaban J connectivity index is 1.45. The largest absolute Gasteiger partial charge is 0.338 e. The molecule has 4 aliphatic rings. The molecule has 134 valence electrons. The zero-order chi connectivity index (χ0) is 17.6. The van der Waals surface area contributed by atoms with Crippen molar-refractivity contribution in [1.29, 1.82) is 0 Å². The van der Waals surface area contributed by atoms with Crippen LogP contribution in [0.1, 0.15) is 31.7 Å². The van der Waals surface area contributed by atoms with Gasteiger partial charge in [0, 0.05) is 12.6 Å². The molecule has 5 unspecified atom stereocenters. The van der Waals surface area contributed by atoms with Gasteiger partial charge in [-0.2, -0.15) is 5.10 Å². The number of carbonyl (C=O) groups is 1. The van der Waals surface area contributed by atoms with E-state index in [0.717, 1.165) is 47.4 Å². The molecule has 1 aromatic heterocycles. The van der Waals surface area contributed by atoms with E-state index in [4.69, 9.17) is 0 Å². The number of benzene rings is 1. The van der Waals surface area contributed by atoms with Gasteiger partial charge in [-0.3, -0.25) is 9.48 Å². The van der Waals surface area contributed by atoms with Gasteiger partial charge in [-0.15, -0.1) is 0 Å². The highest BCUT2D eigenvalue weighted by molar-refractivity contribution is 6.03. The molecule has 1 aromatic carbocycles.